The number of rotatable bonds is 3. The van der Waals surface area contributed by atoms with Crippen molar-refractivity contribution in [2.75, 3.05) is 6.61 Å². The van der Waals surface area contributed by atoms with Gasteiger partial charge in [0.1, 0.15) is 5.82 Å². The molecule has 0 bridgehead atoms. The topological polar surface area (TPSA) is 49.7 Å². The summed E-state index contributed by atoms with van der Waals surface area (Å²) in [7, 11) is 0. The second-order valence-corrected chi connectivity index (χ2v) is 2.50. The van der Waals surface area contributed by atoms with Gasteiger partial charge in [0.05, 0.1) is 13.2 Å². The molecule has 0 atom stereocenters. The van der Waals surface area contributed by atoms with E-state index < -0.39 is 5.82 Å². The van der Waals surface area contributed by atoms with E-state index in [9.17, 15) is 9.50 Å². The molecule has 2 N–H and O–H groups in total. The van der Waals surface area contributed by atoms with Gasteiger partial charge >= 0.3 is 0 Å². The molecule has 3 nitrogen and oxygen atoms in total. The number of hydrogen-bond acceptors (Lipinski definition) is 3. The summed E-state index contributed by atoms with van der Waals surface area (Å²) in [6.45, 7) is 1.73. The van der Waals surface area contributed by atoms with Crippen molar-refractivity contribution in [3.63, 3.8) is 0 Å². The van der Waals surface area contributed by atoms with Crippen molar-refractivity contribution in [1.82, 2.24) is 0 Å². The number of aliphatic hydroxyl groups is 1. The number of halogens is 1. The summed E-state index contributed by atoms with van der Waals surface area (Å²) in [5.41, 5.74) is 0.249. The number of phenolic OH excluding ortho intramolecular Hbond substituents is 1. The zero-order chi connectivity index (χ0) is 9.84. The molecule has 0 aromatic heterocycles. The Morgan fingerprint density at radius 1 is 1.46 bits per heavy atom. The predicted molar refractivity (Wildman–Crippen MR) is 45.2 cm³/mol. The van der Waals surface area contributed by atoms with Gasteiger partial charge in [-0.15, -0.1) is 0 Å². The molecule has 0 saturated carbocycles. The highest BCUT2D eigenvalue weighted by Gasteiger charge is 2.10. The van der Waals surface area contributed by atoms with Gasteiger partial charge in [-0.2, -0.15) is 0 Å². The number of benzene rings is 1. The Morgan fingerprint density at radius 2 is 2.15 bits per heavy atom. The first kappa shape index (κ1) is 9.80. The van der Waals surface area contributed by atoms with Crippen molar-refractivity contribution in [2.45, 2.75) is 13.5 Å². The van der Waals surface area contributed by atoms with Crippen molar-refractivity contribution in [2.24, 2.45) is 0 Å². The van der Waals surface area contributed by atoms with E-state index in [0.29, 0.717) is 6.61 Å². The summed E-state index contributed by atoms with van der Waals surface area (Å²) in [4.78, 5) is 0. The van der Waals surface area contributed by atoms with Gasteiger partial charge in [-0.3, -0.25) is 0 Å². The normalized spacial score (nSPS) is 10.1. The van der Waals surface area contributed by atoms with Gasteiger partial charge in [0.2, 0.25) is 0 Å². The van der Waals surface area contributed by atoms with Crippen LogP contribution in [0.2, 0.25) is 0 Å². The maximum Gasteiger partial charge on any atom is 0.166 e. The molecule has 1 aromatic rings. The van der Waals surface area contributed by atoms with Crippen LogP contribution >= 0.6 is 0 Å². The Bertz CT molecular complexity index is 299. The lowest BCUT2D eigenvalue weighted by molar-refractivity contribution is 0.260. The molecule has 0 aliphatic rings. The average Bonchev–Trinajstić information content (AvgIpc) is 2.09. The monoisotopic (exact) mass is 186 g/mol. The van der Waals surface area contributed by atoms with Crippen LogP contribution < -0.4 is 4.74 Å². The first-order valence-corrected chi connectivity index (χ1v) is 3.94. The van der Waals surface area contributed by atoms with Gasteiger partial charge in [-0.1, -0.05) is 0 Å². The minimum absolute atomic E-state index is 0.145. The van der Waals surface area contributed by atoms with E-state index in [1.807, 2.05) is 0 Å². The molecule has 0 saturated heterocycles. The van der Waals surface area contributed by atoms with Crippen LogP contribution in [0.25, 0.3) is 0 Å². The van der Waals surface area contributed by atoms with Crippen LogP contribution in [0.5, 0.6) is 11.5 Å². The Labute approximate surface area is 75.4 Å². The molecule has 1 rings (SSSR count). The maximum atomic E-state index is 12.7. The van der Waals surface area contributed by atoms with E-state index >= 15 is 0 Å². The molecule has 0 unspecified atom stereocenters. The largest absolute Gasteiger partial charge is 0.504 e. The van der Waals surface area contributed by atoms with Gasteiger partial charge in [0, 0.05) is 11.6 Å². The SMILES string of the molecule is CCOc1c(O)cc(F)cc1CO. The van der Waals surface area contributed by atoms with Gasteiger partial charge < -0.3 is 14.9 Å². The van der Waals surface area contributed by atoms with Crippen LogP contribution in [0.1, 0.15) is 12.5 Å². The van der Waals surface area contributed by atoms with E-state index in [1.165, 1.54) is 0 Å². The predicted octanol–water partition coefficient (Wildman–Crippen LogP) is 1.42. The molecule has 0 amide bonds. The minimum Gasteiger partial charge on any atom is -0.504 e. The maximum absolute atomic E-state index is 12.7. The van der Waals surface area contributed by atoms with Crippen molar-refractivity contribution in [3.8, 4) is 11.5 Å². The fourth-order valence-corrected chi connectivity index (χ4v) is 1.06. The summed E-state index contributed by atoms with van der Waals surface area (Å²) < 4.78 is 17.7. The van der Waals surface area contributed by atoms with Gasteiger partial charge in [0.25, 0.3) is 0 Å². The molecule has 0 radical (unpaired) electrons. The summed E-state index contributed by atoms with van der Waals surface area (Å²) in [6, 6.07) is 2.08. The Kier molecular flexibility index (Phi) is 3.08. The molecule has 0 spiro atoms. The molecular formula is C9H11FO3. The second-order valence-electron chi connectivity index (χ2n) is 2.50. The fraction of sp³-hybridized carbons (Fsp3) is 0.333. The van der Waals surface area contributed by atoms with E-state index in [1.54, 1.807) is 6.92 Å². The Morgan fingerprint density at radius 3 is 2.69 bits per heavy atom. The zero-order valence-electron chi connectivity index (χ0n) is 7.25. The van der Waals surface area contributed by atoms with E-state index in [4.69, 9.17) is 9.84 Å². The van der Waals surface area contributed by atoms with E-state index in [0.717, 1.165) is 12.1 Å². The first-order valence-electron chi connectivity index (χ1n) is 3.94. The van der Waals surface area contributed by atoms with Crippen LogP contribution in [0.3, 0.4) is 0 Å². The Hall–Kier alpha value is -1.29. The quantitative estimate of drug-likeness (QED) is 0.750. The van der Waals surface area contributed by atoms with Crippen LogP contribution in [0, 0.1) is 5.82 Å². The lowest BCUT2D eigenvalue weighted by Crippen LogP contribution is -1.98. The van der Waals surface area contributed by atoms with Crippen LogP contribution in [0.4, 0.5) is 4.39 Å². The molecule has 0 heterocycles. The smallest absolute Gasteiger partial charge is 0.166 e. The van der Waals surface area contributed by atoms with E-state index in [2.05, 4.69) is 0 Å². The lowest BCUT2D eigenvalue weighted by Gasteiger charge is -2.09. The molecule has 0 aliphatic heterocycles. The third-order valence-corrected chi connectivity index (χ3v) is 1.57. The molecule has 72 valence electrons. The van der Waals surface area contributed by atoms with Crippen LogP contribution in [0.15, 0.2) is 12.1 Å². The average molecular weight is 186 g/mol. The highest BCUT2D eigenvalue weighted by Crippen LogP contribution is 2.31. The second kappa shape index (κ2) is 4.09. The Balaban J connectivity index is 3.13. The minimum atomic E-state index is -0.593. The molecule has 13 heavy (non-hydrogen) atoms. The van der Waals surface area contributed by atoms with Gasteiger partial charge in [-0.05, 0) is 13.0 Å². The summed E-state index contributed by atoms with van der Waals surface area (Å²) in [6.07, 6.45) is 0. The molecule has 0 fully saturated rings. The standard InChI is InChI=1S/C9H11FO3/c1-2-13-9-6(5-11)3-7(10)4-8(9)12/h3-4,11-12H,2,5H2,1H3. The third-order valence-electron chi connectivity index (χ3n) is 1.57. The van der Waals surface area contributed by atoms with Crippen LogP contribution in [-0.4, -0.2) is 16.8 Å². The molecular weight excluding hydrogens is 175 g/mol. The van der Waals surface area contributed by atoms with E-state index in [-0.39, 0.29) is 23.7 Å². The van der Waals surface area contributed by atoms with Gasteiger partial charge in [-0.25, -0.2) is 4.39 Å². The summed E-state index contributed by atoms with van der Waals surface area (Å²) in [5, 5.41) is 18.1. The number of aromatic hydroxyl groups is 1. The molecule has 1 aromatic carbocycles. The number of ether oxygens (including phenoxy) is 1. The number of phenols is 1. The van der Waals surface area contributed by atoms with Crippen molar-refractivity contribution >= 4 is 0 Å². The van der Waals surface area contributed by atoms with Gasteiger partial charge in [0.15, 0.2) is 11.5 Å². The van der Waals surface area contributed by atoms with Crippen molar-refractivity contribution in [1.29, 1.82) is 0 Å². The highest BCUT2D eigenvalue weighted by molar-refractivity contribution is 5.45. The molecule has 4 heteroatoms. The third kappa shape index (κ3) is 2.09. The molecule has 0 aliphatic carbocycles. The van der Waals surface area contributed by atoms with Crippen molar-refractivity contribution < 1.29 is 19.3 Å². The number of hydrogen-bond donors (Lipinski definition) is 2. The summed E-state index contributed by atoms with van der Waals surface area (Å²) >= 11 is 0. The first-order chi connectivity index (χ1) is 6.19. The van der Waals surface area contributed by atoms with Crippen LogP contribution in [-0.2, 0) is 6.61 Å². The number of aliphatic hydroxyl groups excluding tert-OH is 1. The summed E-state index contributed by atoms with van der Waals surface area (Å²) in [5.74, 6) is -0.734. The fourth-order valence-electron chi connectivity index (χ4n) is 1.06. The zero-order valence-corrected chi connectivity index (χ0v) is 7.25. The highest BCUT2D eigenvalue weighted by atomic mass is 19.1. The van der Waals surface area contributed by atoms with Crippen molar-refractivity contribution in [3.05, 3.63) is 23.5 Å². The lowest BCUT2D eigenvalue weighted by atomic mass is 10.2.